The molecule has 0 saturated carbocycles. The van der Waals surface area contributed by atoms with Crippen LogP contribution in [0, 0.1) is 11.6 Å². The van der Waals surface area contributed by atoms with Crippen molar-refractivity contribution < 1.29 is 18.3 Å². The number of benzene rings is 2. The van der Waals surface area contributed by atoms with Gasteiger partial charge in [-0.05, 0) is 42.8 Å². The summed E-state index contributed by atoms with van der Waals surface area (Å²) in [5.41, 5.74) is 1.79. The van der Waals surface area contributed by atoms with Crippen LogP contribution >= 0.6 is 0 Å². The number of halogens is 2. The Morgan fingerprint density at radius 2 is 2.12 bits per heavy atom. The average Bonchev–Trinajstić information content (AvgIpc) is 2.90. The predicted molar refractivity (Wildman–Crippen MR) is 97.3 cm³/mol. The first kappa shape index (κ1) is 18.0. The first-order valence-electron chi connectivity index (χ1n) is 8.17. The molecule has 26 heavy (non-hydrogen) atoms. The third-order valence-electron chi connectivity index (χ3n) is 4.03. The van der Waals surface area contributed by atoms with Crippen molar-refractivity contribution in [3.05, 3.63) is 53.6 Å². The van der Waals surface area contributed by atoms with Crippen molar-refractivity contribution in [1.29, 1.82) is 0 Å². The molecule has 2 unspecified atom stereocenters. The van der Waals surface area contributed by atoms with E-state index in [0.717, 1.165) is 0 Å². The molecule has 0 fully saturated rings. The van der Waals surface area contributed by atoms with Crippen LogP contribution in [0.1, 0.15) is 18.4 Å². The summed E-state index contributed by atoms with van der Waals surface area (Å²) in [7, 11) is 1.58. The minimum atomic E-state index is -0.705. The minimum absolute atomic E-state index is 0.0440. The number of hydrogen-bond acceptors (Lipinski definition) is 4. The molecule has 3 rings (SSSR count). The van der Waals surface area contributed by atoms with Gasteiger partial charge in [-0.2, -0.15) is 0 Å². The van der Waals surface area contributed by atoms with Gasteiger partial charge in [0.15, 0.2) is 0 Å². The molecule has 1 amide bonds. The number of nitrogens with zero attached hydrogens (tertiary/aromatic N) is 1. The molecule has 1 aliphatic heterocycles. The third-order valence-corrected chi connectivity index (χ3v) is 4.03. The number of hydrogen-bond donors (Lipinski definition) is 2. The van der Waals surface area contributed by atoms with Gasteiger partial charge in [0, 0.05) is 31.1 Å². The fraction of sp³-hybridized carbons (Fsp3) is 0.263. The molecule has 1 heterocycles. The molecule has 0 aromatic heterocycles. The zero-order chi connectivity index (χ0) is 18.7. The van der Waals surface area contributed by atoms with Gasteiger partial charge in [-0.15, -0.1) is 0 Å². The maximum Gasteiger partial charge on any atom is 0.237 e. The van der Waals surface area contributed by atoms with Crippen LogP contribution in [0.5, 0.6) is 0 Å². The fourth-order valence-electron chi connectivity index (χ4n) is 2.82. The lowest BCUT2D eigenvalue weighted by atomic mass is 10.0. The van der Waals surface area contributed by atoms with Crippen LogP contribution in [-0.4, -0.2) is 31.9 Å². The Hall–Kier alpha value is -2.80. The molecule has 0 bridgehead atoms. The molecule has 0 radical (unpaired) electrons. The van der Waals surface area contributed by atoms with Crippen molar-refractivity contribution in [1.82, 2.24) is 0 Å². The van der Waals surface area contributed by atoms with Crippen LogP contribution in [-0.2, 0) is 9.53 Å². The third kappa shape index (κ3) is 3.88. The average molecular weight is 359 g/mol. The summed E-state index contributed by atoms with van der Waals surface area (Å²) in [6.07, 6.45) is 1.40. The number of amides is 1. The second-order valence-electron chi connectivity index (χ2n) is 6.14. The highest BCUT2D eigenvalue weighted by Gasteiger charge is 2.29. The van der Waals surface area contributed by atoms with E-state index in [-0.39, 0.29) is 11.9 Å². The van der Waals surface area contributed by atoms with Crippen LogP contribution in [0.4, 0.5) is 25.8 Å². The highest BCUT2D eigenvalue weighted by atomic mass is 19.1. The molecule has 2 atom stereocenters. The highest BCUT2D eigenvalue weighted by molar-refractivity contribution is 6.12. The van der Waals surface area contributed by atoms with Gasteiger partial charge in [0.25, 0.3) is 0 Å². The van der Waals surface area contributed by atoms with Crippen molar-refractivity contribution in [3.8, 4) is 0 Å². The van der Waals surface area contributed by atoms with Gasteiger partial charge in [0.05, 0.1) is 18.0 Å². The standard InChI is InChI=1S/C19H19F2N3O2/c1-11(10-26-2)23-18-6-4-13(8-16(18)21)22-9-15-14-7-12(20)3-5-17(14)24-19(15)25/h3-9,11,15,23H,10H2,1-2H3,(H,24,25). The number of fused-ring (bicyclic) bond motifs is 1. The molecule has 2 N–H and O–H groups in total. The Labute approximate surface area is 150 Å². The molecule has 0 spiro atoms. The molecule has 7 heteroatoms. The molecule has 2 aromatic carbocycles. The molecule has 5 nitrogen and oxygen atoms in total. The van der Waals surface area contributed by atoms with Crippen molar-refractivity contribution >= 4 is 29.2 Å². The monoisotopic (exact) mass is 359 g/mol. The second-order valence-corrected chi connectivity index (χ2v) is 6.14. The van der Waals surface area contributed by atoms with Crippen molar-refractivity contribution in [2.45, 2.75) is 18.9 Å². The Kier molecular flexibility index (Phi) is 5.27. The van der Waals surface area contributed by atoms with E-state index < -0.39 is 17.6 Å². The number of ether oxygens (including phenoxy) is 1. The van der Waals surface area contributed by atoms with E-state index in [1.807, 2.05) is 6.92 Å². The van der Waals surface area contributed by atoms with Crippen LogP contribution < -0.4 is 10.6 Å². The first-order chi connectivity index (χ1) is 12.5. The zero-order valence-electron chi connectivity index (χ0n) is 14.4. The van der Waals surface area contributed by atoms with Crippen LogP contribution in [0.15, 0.2) is 41.4 Å². The summed E-state index contributed by atoms with van der Waals surface area (Å²) >= 11 is 0. The maximum atomic E-state index is 14.2. The van der Waals surface area contributed by atoms with Gasteiger partial charge < -0.3 is 15.4 Å². The number of carbonyl (C=O) groups excluding carboxylic acids is 1. The van der Waals surface area contributed by atoms with E-state index in [4.69, 9.17) is 4.74 Å². The van der Waals surface area contributed by atoms with E-state index in [1.54, 1.807) is 19.2 Å². The predicted octanol–water partition coefficient (Wildman–Crippen LogP) is 3.85. The van der Waals surface area contributed by atoms with Gasteiger partial charge in [-0.3, -0.25) is 9.79 Å². The van der Waals surface area contributed by atoms with Crippen LogP contribution in [0.3, 0.4) is 0 Å². The summed E-state index contributed by atoms with van der Waals surface area (Å²) in [4.78, 5) is 16.2. The summed E-state index contributed by atoms with van der Waals surface area (Å²) in [5.74, 6) is -1.87. The maximum absolute atomic E-state index is 14.2. The fourth-order valence-corrected chi connectivity index (χ4v) is 2.82. The van der Waals surface area contributed by atoms with Gasteiger partial charge >= 0.3 is 0 Å². The topological polar surface area (TPSA) is 62.7 Å². The quantitative estimate of drug-likeness (QED) is 0.770. The van der Waals surface area contributed by atoms with Crippen molar-refractivity contribution in [2.24, 2.45) is 4.99 Å². The van der Waals surface area contributed by atoms with E-state index in [0.29, 0.717) is 29.2 Å². The second kappa shape index (κ2) is 7.61. The number of rotatable bonds is 6. The van der Waals surface area contributed by atoms with Crippen molar-refractivity contribution in [3.63, 3.8) is 0 Å². The van der Waals surface area contributed by atoms with E-state index >= 15 is 0 Å². The summed E-state index contributed by atoms with van der Waals surface area (Å²) in [6.45, 7) is 2.33. The highest BCUT2D eigenvalue weighted by Crippen LogP contribution is 2.32. The summed E-state index contributed by atoms with van der Waals surface area (Å²) < 4.78 is 32.7. The Morgan fingerprint density at radius 1 is 1.31 bits per heavy atom. The van der Waals surface area contributed by atoms with Gasteiger partial charge in [-0.1, -0.05) is 0 Å². The number of carbonyl (C=O) groups is 1. The molecule has 136 valence electrons. The Morgan fingerprint density at radius 3 is 2.85 bits per heavy atom. The number of anilines is 2. The minimum Gasteiger partial charge on any atom is -0.383 e. The van der Waals surface area contributed by atoms with Gasteiger partial charge in [0.2, 0.25) is 5.91 Å². The number of methoxy groups -OCH3 is 1. The zero-order valence-corrected chi connectivity index (χ0v) is 14.4. The molecule has 1 aliphatic rings. The Bertz CT molecular complexity index is 855. The van der Waals surface area contributed by atoms with Gasteiger partial charge in [0.1, 0.15) is 17.6 Å². The SMILES string of the molecule is COCC(C)Nc1ccc(N=CC2C(=O)Nc3ccc(F)cc32)cc1F. The van der Waals surface area contributed by atoms with E-state index in [2.05, 4.69) is 15.6 Å². The molecule has 2 aromatic rings. The Balaban J connectivity index is 1.76. The van der Waals surface area contributed by atoms with Gasteiger partial charge in [-0.25, -0.2) is 8.78 Å². The lowest BCUT2D eigenvalue weighted by Gasteiger charge is -2.14. The van der Waals surface area contributed by atoms with Crippen LogP contribution in [0.2, 0.25) is 0 Å². The molecule has 0 saturated heterocycles. The van der Waals surface area contributed by atoms with E-state index in [9.17, 15) is 13.6 Å². The summed E-state index contributed by atoms with van der Waals surface area (Å²) in [6, 6.07) is 8.54. The number of aliphatic imine (C=N–C) groups is 1. The molecule has 0 aliphatic carbocycles. The number of nitrogens with one attached hydrogen (secondary N) is 2. The first-order valence-corrected chi connectivity index (χ1v) is 8.17. The van der Waals surface area contributed by atoms with E-state index in [1.165, 1.54) is 30.5 Å². The lowest BCUT2D eigenvalue weighted by Crippen LogP contribution is -2.21. The summed E-state index contributed by atoms with van der Waals surface area (Å²) in [5, 5.41) is 5.68. The van der Waals surface area contributed by atoms with Crippen molar-refractivity contribution in [2.75, 3.05) is 24.4 Å². The largest absolute Gasteiger partial charge is 0.383 e. The molecular formula is C19H19F2N3O2. The molecular weight excluding hydrogens is 340 g/mol. The smallest absolute Gasteiger partial charge is 0.237 e. The lowest BCUT2D eigenvalue weighted by molar-refractivity contribution is -0.115. The van der Waals surface area contributed by atoms with Crippen LogP contribution in [0.25, 0.3) is 0 Å². The normalized spacial score (nSPS) is 17.2.